The molecule has 5 fully saturated rings. The average molecular weight is 565 g/mol. The molecule has 2 aliphatic carbocycles. The third-order valence-electron chi connectivity index (χ3n) is 10.7. The minimum absolute atomic E-state index is 0.0802. The maximum Gasteiger partial charge on any atom is 0.335 e. The summed E-state index contributed by atoms with van der Waals surface area (Å²) in [6.07, 6.45) is 3.26. The number of esters is 2. The predicted octanol–water partition coefficient (Wildman–Crippen LogP) is 0.577. The summed E-state index contributed by atoms with van der Waals surface area (Å²) in [6, 6.07) is 0. The van der Waals surface area contributed by atoms with Crippen LogP contribution in [0.3, 0.4) is 0 Å². The lowest BCUT2D eigenvalue weighted by molar-refractivity contribution is -0.253. The predicted molar refractivity (Wildman–Crippen MR) is 137 cm³/mol. The van der Waals surface area contributed by atoms with Crippen LogP contribution in [0.4, 0.5) is 0 Å². The van der Waals surface area contributed by atoms with Crippen LogP contribution in [-0.2, 0) is 38.0 Å². The standard InChI is InChI=1S/C29H40O11/c1-16-8-11-35-18(17(2)31)6-4-5-7-21(32)38-19-12-20-29(15-37-29)26(19,3)27(14-36-25(34)22(16)33)9-10-28(13-30)24(40-28)23(27)39-20/h4-7,16-20,22-24,30-31,33H,8-15H2,1-3H3/b6-4+,7-5?. The van der Waals surface area contributed by atoms with Crippen LogP contribution in [0.2, 0.25) is 0 Å². The molecule has 0 aromatic carbocycles. The summed E-state index contributed by atoms with van der Waals surface area (Å²) in [5.74, 6) is -1.75. The van der Waals surface area contributed by atoms with Crippen molar-refractivity contribution in [2.45, 2.75) is 100 Å². The molecule has 2 saturated carbocycles. The molecule has 12 atom stereocenters. The number of fused-ring (bicyclic) bond motifs is 2. The Balaban J connectivity index is 1.36. The van der Waals surface area contributed by atoms with E-state index in [-0.39, 0.29) is 32.0 Å². The molecule has 4 aliphatic heterocycles. The van der Waals surface area contributed by atoms with Gasteiger partial charge in [0.1, 0.15) is 36.1 Å². The van der Waals surface area contributed by atoms with Crippen molar-refractivity contribution < 1.29 is 53.3 Å². The van der Waals surface area contributed by atoms with Crippen molar-refractivity contribution in [2.24, 2.45) is 16.7 Å². The zero-order valence-corrected chi connectivity index (χ0v) is 23.2. The number of hydrogen-bond donors (Lipinski definition) is 3. The Bertz CT molecular complexity index is 1080. The Kier molecular flexibility index (Phi) is 6.97. The molecule has 2 bridgehead atoms. The van der Waals surface area contributed by atoms with Gasteiger partial charge in [0, 0.05) is 24.5 Å². The summed E-state index contributed by atoms with van der Waals surface area (Å²) in [7, 11) is 0. The quantitative estimate of drug-likeness (QED) is 0.318. The molecule has 11 nitrogen and oxygen atoms in total. The van der Waals surface area contributed by atoms with Gasteiger partial charge >= 0.3 is 11.9 Å². The molecule has 3 saturated heterocycles. The van der Waals surface area contributed by atoms with Gasteiger partial charge in [0.2, 0.25) is 0 Å². The maximum absolute atomic E-state index is 13.2. The zero-order valence-electron chi connectivity index (χ0n) is 23.2. The monoisotopic (exact) mass is 564 g/mol. The summed E-state index contributed by atoms with van der Waals surface area (Å²) in [6.45, 7) is 5.78. The van der Waals surface area contributed by atoms with Gasteiger partial charge in [-0.25, -0.2) is 9.59 Å². The highest BCUT2D eigenvalue weighted by Crippen LogP contribution is 2.75. The van der Waals surface area contributed by atoms with Crippen LogP contribution in [0.25, 0.3) is 0 Å². The van der Waals surface area contributed by atoms with Crippen molar-refractivity contribution >= 4 is 11.9 Å². The highest BCUT2D eigenvalue weighted by atomic mass is 16.7. The van der Waals surface area contributed by atoms with Crippen molar-refractivity contribution in [3.63, 3.8) is 0 Å². The van der Waals surface area contributed by atoms with Gasteiger partial charge < -0.3 is 43.7 Å². The lowest BCUT2D eigenvalue weighted by Gasteiger charge is -2.58. The van der Waals surface area contributed by atoms with Gasteiger partial charge in [0.25, 0.3) is 0 Å². The number of carbonyl (C=O) groups is 2. The first-order chi connectivity index (χ1) is 19.0. The Morgan fingerprint density at radius 2 is 1.90 bits per heavy atom. The first kappa shape index (κ1) is 28.3. The van der Waals surface area contributed by atoms with Crippen LogP contribution < -0.4 is 0 Å². The highest BCUT2D eigenvalue weighted by molar-refractivity contribution is 5.82. The van der Waals surface area contributed by atoms with E-state index in [0.29, 0.717) is 32.3 Å². The van der Waals surface area contributed by atoms with E-state index in [1.165, 1.54) is 6.08 Å². The van der Waals surface area contributed by atoms with Gasteiger partial charge in [-0.2, -0.15) is 0 Å². The molecule has 0 amide bonds. The first-order valence-corrected chi connectivity index (χ1v) is 14.3. The van der Waals surface area contributed by atoms with E-state index in [2.05, 4.69) is 0 Å². The van der Waals surface area contributed by atoms with Crippen molar-refractivity contribution in [3.05, 3.63) is 24.3 Å². The SMILES string of the molecule is CC(O)C1/C=C/C=CC(=O)OC2CC3OC4C5OC5(CO)CCC4(COC(=O)C(O)C(C)CCO1)C2(C)C31CO1. The summed E-state index contributed by atoms with van der Waals surface area (Å²) in [4.78, 5) is 26.2. The third-order valence-corrected chi connectivity index (χ3v) is 10.7. The van der Waals surface area contributed by atoms with E-state index in [4.69, 9.17) is 28.4 Å². The van der Waals surface area contributed by atoms with E-state index in [9.17, 15) is 24.9 Å². The Morgan fingerprint density at radius 3 is 2.60 bits per heavy atom. The number of aliphatic hydroxyl groups excluding tert-OH is 3. The summed E-state index contributed by atoms with van der Waals surface area (Å²) in [5.41, 5.74) is -3.01. The van der Waals surface area contributed by atoms with Gasteiger partial charge in [0.15, 0.2) is 6.10 Å². The Hall–Kier alpha value is -1.86. The molecule has 6 rings (SSSR count). The summed E-state index contributed by atoms with van der Waals surface area (Å²) >= 11 is 0. The number of carbonyl (C=O) groups excluding carboxylic acids is 2. The van der Waals surface area contributed by atoms with Gasteiger partial charge in [-0.15, -0.1) is 0 Å². The average Bonchev–Trinajstić information content (AvgIpc) is 3.84. The largest absolute Gasteiger partial charge is 0.463 e. The number of epoxide rings is 2. The Labute approximate surface area is 233 Å². The number of cyclic esters (lactones) is 1. The minimum Gasteiger partial charge on any atom is -0.463 e. The number of ether oxygens (including phenoxy) is 6. The molecule has 222 valence electrons. The molecule has 40 heavy (non-hydrogen) atoms. The van der Waals surface area contributed by atoms with E-state index in [0.717, 1.165) is 0 Å². The van der Waals surface area contributed by atoms with Crippen LogP contribution >= 0.6 is 0 Å². The number of aliphatic hydroxyl groups is 3. The van der Waals surface area contributed by atoms with Crippen LogP contribution in [-0.4, -0.2) is 108 Å². The second-order valence-electron chi connectivity index (χ2n) is 12.6. The van der Waals surface area contributed by atoms with Gasteiger partial charge in [-0.1, -0.05) is 32.1 Å². The summed E-state index contributed by atoms with van der Waals surface area (Å²) in [5, 5.41) is 31.0. The van der Waals surface area contributed by atoms with Crippen LogP contribution in [0.15, 0.2) is 24.3 Å². The lowest BCUT2D eigenvalue weighted by atomic mass is 9.50. The third kappa shape index (κ3) is 4.04. The fraction of sp³-hybridized carbons (Fsp3) is 0.793. The van der Waals surface area contributed by atoms with Gasteiger partial charge in [-0.05, 0) is 32.1 Å². The molecule has 3 N–H and O–H groups in total. The second-order valence-corrected chi connectivity index (χ2v) is 12.6. The molecule has 0 radical (unpaired) electrons. The van der Waals surface area contributed by atoms with E-state index in [1.807, 2.05) is 6.92 Å². The molecule has 0 aromatic heterocycles. The number of hydrogen-bond acceptors (Lipinski definition) is 11. The van der Waals surface area contributed by atoms with E-state index in [1.54, 1.807) is 32.1 Å². The first-order valence-electron chi connectivity index (χ1n) is 14.3. The molecule has 11 heteroatoms. The van der Waals surface area contributed by atoms with E-state index < -0.39 is 70.4 Å². The number of allylic oxidation sites excluding steroid dienone is 2. The number of rotatable bonds is 2. The summed E-state index contributed by atoms with van der Waals surface area (Å²) < 4.78 is 36.5. The zero-order chi connectivity index (χ0) is 28.5. The maximum atomic E-state index is 13.2. The molecule has 4 heterocycles. The molecule has 6 aliphatic rings. The van der Waals surface area contributed by atoms with Crippen molar-refractivity contribution in [3.8, 4) is 0 Å². The Morgan fingerprint density at radius 1 is 1.12 bits per heavy atom. The van der Waals surface area contributed by atoms with Crippen LogP contribution in [0.1, 0.15) is 46.5 Å². The van der Waals surface area contributed by atoms with Crippen molar-refractivity contribution in [1.82, 2.24) is 0 Å². The van der Waals surface area contributed by atoms with Gasteiger partial charge in [0.05, 0.1) is 36.9 Å². The van der Waals surface area contributed by atoms with Gasteiger partial charge in [-0.3, -0.25) is 0 Å². The fourth-order valence-electron chi connectivity index (χ4n) is 7.84. The second kappa shape index (κ2) is 9.86. The molecular formula is C29H40O11. The topological polar surface area (TPSA) is 157 Å². The normalized spacial score (nSPS) is 51.9. The molecular weight excluding hydrogens is 524 g/mol. The van der Waals surface area contributed by atoms with Crippen LogP contribution in [0, 0.1) is 16.7 Å². The van der Waals surface area contributed by atoms with Crippen molar-refractivity contribution in [1.29, 1.82) is 0 Å². The lowest BCUT2D eigenvalue weighted by Crippen LogP contribution is -2.69. The smallest absolute Gasteiger partial charge is 0.335 e. The molecule has 12 unspecified atom stereocenters. The minimum atomic E-state index is -1.38. The molecule has 0 aromatic rings. The highest BCUT2D eigenvalue weighted by Gasteiger charge is 2.87. The molecule has 2 spiro atoms. The van der Waals surface area contributed by atoms with E-state index >= 15 is 0 Å². The fourth-order valence-corrected chi connectivity index (χ4v) is 7.84. The van der Waals surface area contributed by atoms with Crippen LogP contribution in [0.5, 0.6) is 0 Å². The van der Waals surface area contributed by atoms with Crippen molar-refractivity contribution in [2.75, 3.05) is 26.4 Å².